The van der Waals surface area contributed by atoms with Gasteiger partial charge in [-0.2, -0.15) is 0 Å². The number of amides is 2. The fraction of sp³-hybridized carbons (Fsp3) is 0.429. The van der Waals surface area contributed by atoms with Gasteiger partial charge in [-0.15, -0.1) is 0 Å². The van der Waals surface area contributed by atoms with Crippen molar-refractivity contribution >= 4 is 17.5 Å². The summed E-state index contributed by atoms with van der Waals surface area (Å²) in [7, 11) is 1.54. The van der Waals surface area contributed by atoms with E-state index in [0.717, 1.165) is 5.56 Å². The molecule has 0 saturated carbocycles. The second-order valence-electron chi connectivity index (χ2n) is 4.62. The molecule has 1 aromatic carbocycles. The van der Waals surface area contributed by atoms with E-state index in [-0.39, 0.29) is 18.4 Å². The summed E-state index contributed by atoms with van der Waals surface area (Å²) < 4.78 is 5.67. The predicted molar refractivity (Wildman–Crippen MR) is 75.5 cm³/mol. The maximum Gasteiger partial charge on any atom is 0.268 e. The molecule has 1 aromatic rings. The Hall–Kier alpha value is -2.08. The fourth-order valence-electron chi connectivity index (χ4n) is 2.14. The lowest BCUT2D eigenvalue weighted by atomic mass is 10.1. The molecule has 0 bridgehead atoms. The first-order chi connectivity index (χ1) is 9.60. The van der Waals surface area contributed by atoms with Gasteiger partial charge in [0.2, 0.25) is 5.91 Å². The number of hydrogen-bond acceptors (Lipinski definition) is 4. The van der Waals surface area contributed by atoms with E-state index >= 15 is 0 Å². The highest BCUT2D eigenvalue weighted by atomic mass is 16.5. The van der Waals surface area contributed by atoms with Crippen LogP contribution in [0.4, 0.5) is 5.69 Å². The van der Waals surface area contributed by atoms with Crippen LogP contribution in [0.2, 0.25) is 0 Å². The quantitative estimate of drug-likeness (QED) is 0.834. The summed E-state index contributed by atoms with van der Waals surface area (Å²) >= 11 is 0. The first-order valence-electron chi connectivity index (χ1n) is 6.62. The van der Waals surface area contributed by atoms with Crippen molar-refractivity contribution in [2.24, 2.45) is 5.73 Å². The Balaban J connectivity index is 2.41. The van der Waals surface area contributed by atoms with E-state index < -0.39 is 6.10 Å². The van der Waals surface area contributed by atoms with Crippen molar-refractivity contribution in [3.8, 4) is 5.75 Å². The summed E-state index contributed by atoms with van der Waals surface area (Å²) in [6.07, 6.45) is 0.0112. The molecular weight excluding hydrogens is 258 g/mol. The molecule has 6 nitrogen and oxygen atoms in total. The Kier molecular flexibility index (Phi) is 4.24. The highest BCUT2D eigenvalue weighted by Crippen LogP contribution is 2.35. The fourth-order valence-corrected chi connectivity index (χ4v) is 2.14. The average molecular weight is 277 g/mol. The molecule has 1 heterocycles. The van der Waals surface area contributed by atoms with E-state index in [1.807, 2.05) is 13.0 Å². The number of likely N-dealkylation sites (N-methyl/N-ethyl adjacent to an activating group) is 1. The van der Waals surface area contributed by atoms with Crippen LogP contribution in [0, 0.1) is 0 Å². The van der Waals surface area contributed by atoms with Crippen molar-refractivity contribution in [3.63, 3.8) is 0 Å². The lowest BCUT2D eigenvalue weighted by Gasteiger charge is -2.33. The van der Waals surface area contributed by atoms with Gasteiger partial charge < -0.3 is 15.8 Å². The summed E-state index contributed by atoms with van der Waals surface area (Å²) in [5.41, 5.74) is 7.11. The van der Waals surface area contributed by atoms with Crippen LogP contribution in [0.5, 0.6) is 5.75 Å². The zero-order chi connectivity index (χ0) is 14.7. The van der Waals surface area contributed by atoms with Crippen LogP contribution in [0.3, 0.4) is 0 Å². The molecule has 108 valence electrons. The molecule has 0 saturated heterocycles. The molecule has 2 amide bonds. The number of nitrogens with zero attached hydrogens (tertiary/aromatic N) is 1. The molecule has 6 heteroatoms. The van der Waals surface area contributed by atoms with Gasteiger partial charge in [0.15, 0.2) is 6.10 Å². The van der Waals surface area contributed by atoms with Gasteiger partial charge in [-0.25, -0.2) is 0 Å². The van der Waals surface area contributed by atoms with E-state index in [0.29, 0.717) is 24.4 Å². The van der Waals surface area contributed by atoms with Crippen molar-refractivity contribution in [1.29, 1.82) is 0 Å². The number of carbonyl (C=O) groups excluding carboxylic acids is 2. The van der Waals surface area contributed by atoms with Crippen molar-refractivity contribution in [1.82, 2.24) is 5.32 Å². The molecule has 1 aliphatic rings. The standard InChI is InChI=1S/C14H19N3O3/c1-3-11-14(19)17(8-13(18)16-2)10-6-9(7-15)4-5-12(10)20-11/h4-6,11H,3,7-8,15H2,1-2H3,(H,16,18). The third-order valence-electron chi connectivity index (χ3n) is 3.31. The van der Waals surface area contributed by atoms with E-state index in [1.54, 1.807) is 19.2 Å². The smallest absolute Gasteiger partial charge is 0.268 e. The van der Waals surface area contributed by atoms with E-state index in [1.165, 1.54) is 4.90 Å². The van der Waals surface area contributed by atoms with E-state index in [2.05, 4.69) is 5.32 Å². The lowest BCUT2D eigenvalue weighted by molar-refractivity contribution is -0.128. The van der Waals surface area contributed by atoms with Gasteiger partial charge in [0.05, 0.1) is 5.69 Å². The SMILES string of the molecule is CCC1Oc2ccc(CN)cc2N(CC(=O)NC)C1=O. The minimum absolute atomic E-state index is 0.0176. The maximum atomic E-state index is 12.4. The monoisotopic (exact) mass is 277 g/mol. The molecule has 1 aliphatic heterocycles. The Labute approximate surface area is 117 Å². The summed E-state index contributed by atoms with van der Waals surface area (Å²) in [4.78, 5) is 25.4. The van der Waals surface area contributed by atoms with Crippen LogP contribution < -0.4 is 20.7 Å². The first kappa shape index (κ1) is 14.3. The summed E-state index contributed by atoms with van der Waals surface area (Å²) in [5, 5.41) is 2.53. The number of nitrogens with two attached hydrogens (primary N) is 1. The summed E-state index contributed by atoms with van der Waals surface area (Å²) in [6, 6.07) is 5.45. The topological polar surface area (TPSA) is 84.7 Å². The van der Waals surface area contributed by atoms with Crippen LogP contribution in [-0.2, 0) is 16.1 Å². The number of carbonyl (C=O) groups is 2. The van der Waals surface area contributed by atoms with Gasteiger partial charge in [-0.05, 0) is 24.1 Å². The number of nitrogens with one attached hydrogen (secondary N) is 1. The molecule has 0 fully saturated rings. The van der Waals surface area contributed by atoms with E-state index in [9.17, 15) is 9.59 Å². The van der Waals surface area contributed by atoms with Crippen LogP contribution in [0.1, 0.15) is 18.9 Å². The van der Waals surface area contributed by atoms with Crippen LogP contribution in [-0.4, -0.2) is 31.5 Å². The number of benzene rings is 1. The third-order valence-corrected chi connectivity index (χ3v) is 3.31. The normalized spacial score (nSPS) is 17.4. The number of ether oxygens (including phenoxy) is 1. The Bertz CT molecular complexity index is 530. The average Bonchev–Trinajstić information content (AvgIpc) is 2.48. The largest absolute Gasteiger partial charge is 0.478 e. The number of hydrogen-bond donors (Lipinski definition) is 2. The number of fused-ring (bicyclic) bond motifs is 1. The van der Waals surface area contributed by atoms with Gasteiger partial charge in [0.25, 0.3) is 5.91 Å². The molecule has 1 unspecified atom stereocenters. The van der Waals surface area contributed by atoms with Crippen molar-refractivity contribution in [2.45, 2.75) is 26.0 Å². The van der Waals surface area contributed by atoms with Crippen LogP contribution in [0.25, 0.3) is 0 Å². The highest BCUT2D eigenvalue weighted by Gasteiger charge is 2.34. The third kappa shape index (κ3) is 2.60. The maximum absolute atomic E-state index is 12.4. The van der Waals surface area contributed by atoms with Crippen molar-refractivity contribution in [2.75, 3.05) is 18.5 Å². The van der Waals surface area contributed by atoms with Gasteiger partial charge in [-0.3, -0.25) is 14.5 Å². The Morgan fingerprint density at radius 2 is 2.25 bits per heavy atom. The molecule has 0 aromatic heterocycles. The van der Waals surface area contributed by atoms with Gasteiger partial charge in [0.1, 0.15) is 12.3 Å². The summed E-state index contributed by atoms with van der Waals surface area (Å²) in [6.45, 7) is 2.22. The Morgan fingerprint density at radius 1 is 1.50 bits per heavy atom. The zero-order valence-electron chi connectivity index (χ0n) is 11.7. The van der Waals surface area contributed by atoms with Crippen molar-refractivity contribution < 1.29 is 14.3 Å². The predicted octanol–water partition coefficient (Wildman–Crippen LogP) is 0.395. The second kappa shape index (κ2) is 5.92. The van der Waals surface area contributed by atoms with Crippen molar-refractivity contribution in [3.05, 3.63) is 23.8 Å². The molecule has 0 spiro atoms. The molecule has 20 heavy (non-hydrogen) atoms. The summed E-state index contributed by atoms with van der Waals surface area (Å²) in [5.74, 6) is 0.189. The number of anilines is 1. The molecular formula is C14H19N3O3. The van der Waals surface area contributed by atoms with Gasteiger partial charge in [-0.1, -0.05) is 13.0 Å². The Morgan fingerprint density at radius 3 is 2.85 bits per heavy atom. The molecule has 1 atom stereocenters. The zero-order valence-corrected chi connectivity index (χ0v) is 11.7. The molecule has 3 N–H and O–H groups in total. The molecule has 0 radical (unpaired) electrons. The molecule has 0 aliphatic carbocycles. The highest BCUT2D eigenvalue weighted by molar-refractivity contribution is 6.03. The second-order valence-corrected chi connectivity index (χ2v) is 4.62. The minimum atomic E-state index is -0.545. The number of rotatable bonds is 4. The van der Waals surface area contributed by atoms with Crippen LogP contribution >= 0.6 is 0 Å². The first-order valence-corrected chi connectivity index (χ1v) is 6.62. The minimum Gasteiger partial charge on any atom is -0.478 e. The van der Waals surface area contributed by atoms with Gasteiger partial charge >= 0.3 is 0 Å². The lowest BCUT2D eigenvalue weighted by Crippen LogP contribution is -2.49. The molecule has 2 rings (SSSR count). The van der Waals surface area contributed by atoms with Gasteiger partial charge in [0, 0.05) is 13.6 Å². The van der Waals surface area contributed by atoms with E-state index in [4.69, 9.17) is 10.5 Å². The van der Waals surface area contributed by atoms with Crippen LogP contribution in [0.15, 0.2) is 18.2 Å².